The third-order valence-electron chi connectivity index (χ3n) is 10.4. The molecule has 0 aromatic carbocycles. The molecule has 2 aliphatic rings. The van der Waals surface area contributed by atoms with Gasteiger partial charge in [0.15, 0.2) is 10.2 Å². The Morgan fingerprint density at radius 3 is 1.56 bits per heavy atom. The van der Waals surface area contributed by atoms with E-state index in [-0.39, 0.29) is 17.1 Å². The van der Waals surface area contributed by atoms with Crippen molar-refractivity contribution in [1.82, 2.24) is 5.32 Å². The first kappa shape index (κ1) is 56.5. The number of ketones is 2. The maximum Gasteiger partial charge on any atom is 0.220 e. The number of Topliss-reactive ketones (excluding diaryl/α,β-unsaturated/α-hetero) is 2. The first-order chi connectivity index (χ1) is 27.3. The van der Waals surface area contributed by atoms with Crippen molar-refractivity contribution in [2.75, 3.05) is 19.6 Å². The zero-order chi connectivity index (χ0) is 42.7. The molecule has 4 atom stereocenters. The molecule has 334 valence electrons. The molecule has 0 spiro atoms. The first-order valence-electron chi connectivity index (χ1n) is 22.7. The molecular weight excluding hydrogens is 791 g/mol. The molecule has 0 bridgehead atoms. The van der Waals surface area contributed by atoms with Gasteiger partial charge in [-0.3, -0.25) is 24.0 Å². The molecule has 2 aliphatic heterocycles. The topological polar surface area (TPSA) is 149 Å². The standard InChI is InChI=1S/C27H51NO3S2.C12H18O2S2.C6H16N2/c1-21(2)20-23(29)15-16-24(32)12-9-10-13-25(33)17-18-27(31)28-19-11-7-5-6-8-14-26(30)22(3)4;13-11-7-5-9(15-11)3-1-2-4-10-6-8-12(14)16-10;7-5-3-1-2-4-6-8/h21-22,24-25,32-33H,5-20H2,1-4H3,(H,28,31);9-10H,1-8H2;1-8H2. The third kappa shape index (κ3) is 37.0. The van der Waals surface area contributed by atoms with E-state index in [0.717, 1.165) is 129 Å². The summed E-state index contributed by atoms with van der Waals surface area (Å²) in [6, 6.07) is 0. The summed E-state index contributed by atoms with van der Waals surface area (Å²) in [5.74, 6) is 1.43. The highest BCUT2D eigenvalue weighted by Gasteiger charge is 2.24. The lowest BCUT2D eigenvalue weighted by atomic mass is 10.0. The van der Waals surface area contributed by atoms with Gasteiger partial charge in [0, 0.05) is 72.0 Å². The van der Waals surface area contributed by atoms with Crippen LogP contribution in [0.15, 0.2) is 0 Å². The molecule has 0 saturated carbocycles. The SMILES string of the molecule is CC(C)CC(=O)CCC(S)CCCCC(S)CCC(=O)NCCCCCCCC(=O)C(C)C.NCCCCCCN.O=C1CCC(CCCCC2CCC(=O)S2)S1. The Hall–Kier alpha value is -0.530. The number of carbonyl (C=O) groups excluding carboxylic acids is 5. The van der Waals surface area contributed by atoms with E-state index in [1.165, 1.54) is 38.5 Å². The van der Waals surface area contributed by atoms with E-state index in [0.29, 0.717) is 69.1 Å². The van der Waals surface area contributed by atoms with Crippen LogP contribution in [0.3, 0.4) is 0 Å². The van der Waals surface area contributed by atoms with E-state index >= 15 is 0 Å². The van der Waals surface area contributed by atoms with Crippen molar-refractivity contribution < 1.29 is 24.0 Å². The summed E-state index contributed by atoms with van der Waals surface area (Å²) in [7, 11) is 0. The van der Waals surface area contributed by atoms with Gasteiger partial charge in [-0.2, -0.15) is 25.3 Å². The molecule has 0 aromatic rings. The molecule has 5 N–H and O–H groups in total. The molecule has 0 aliphatic carbocycles. The zero-order valence-electron chi connectivity index (χ0n) is 36.6. The van der Waals surface area contributed by atoms with Crippen LogP contribution in [0.25, 0.3) is 0 Å². The van der Waals surface area contributed by atoms with Gasteiger partial charge in [-0.15, -0.1) is 0 Å². The second-order valence-corrected chi connectivity index (χ2v) is 21.0. The van der Waals surface area contributed by atoms with Crippen LogP contribution >= 0.6 is 48.8 Å². The van der Waals surface area contributed by atoms with Crippen LogP contribution in [0.5, 0.6) is 0 Å². The molecule has 2 rings (SSSR count). The number of rotatable bonds is 32. The highest BCUT2D eigenvalue weighted by molar-refractivity contribution is 8.14. The maximum atomic E-state index is 12.0. The van der Waals surface area contributed by atoms with Gasteiger partial charge in [-0.05, 0) is 96.1 Å². The average molecular weight is 876 g/mol. The second-order valence-electron chi connectivity index (χ2n) is 16.9. The zero-order valence-corrected chi connectivity index (χ0v) is 40.0. The van der Waals surface area contributed by atoms with E-state index in [4.69, 9.17) is 11.5 Å². The van der Waals surface area contributed by atoms with Crippen molar-refractivity contribution in [3.63, 3.8) is 0 Å². The van der Waals surface area contributed by atoms with Gasteiger partial charge in [0.1, 0.15) is 11.6 Å². The molecule has 1 amide bonds. The summed E-state index contributed by atoms with van der Waals surface area (Å²) in [4.78, 5) is 57.5. The van der Waals surface area contributed by atoms with Gasteiger partial charge in [0.25, 0.3) is 0 Å². The second kappa shape index (κ2) is 38.4. The summed E-state index contributed by atoms with van der Waals surface area (Å²) in [5, 5.41) is 5.50. The number of hydrogen-bond acceptors (Lipinski definition) is 11. The van der Waals surface area contributed by atoms with E-state index < -0.39 is 0 Å². The molecule has 8 nitrogen and oxygen atoms in total. The molecule has 2 saturated heterocycles. The number of unbranched alkanes of at least 4 members (excludes halogenated alkanes) is 9. The van der Waals surface area contributed by atoms with Crippen molar-refractivity contribution in [2.24, 2.45) is 23.3 Å². The largest absolute Gasteiger partial charge is 0.356 e. The molecule has 0 aromatic heterocycles. The van der Waals surface area contributed by atoms with E-state index in [2.05, 4.69) is 44.4 Å². The lowest BCUT2D eigenvalue weighted by Gasteiger charge is -2.13. The molecule has 2 heterocycles. The van der Waals surface area contributed by atoms with Crippen LogP contribution in [0.1, 0.15) is 201 Å². The minimum atomic E-state index is 0.123. The monoisotopic (exact) mass is 876 g/mol. The summed E-state index contributed by atoms with van der Waals surface area (Å²) in [5.41, 5.74) is 10.6. The fourth-order valence-corrected chi connectivity index (χ4v) is 9.63. The summed E-state index contributed by atoms with van der Waals surface area (Å²) in [6.07, 6.45) is 27.1. The fraction of sp³-hybridized carbons (Fsp3) is 0.889. The molecule has 0 radical (unpaired) electrons. The number of hydrogen-bond donors (Lipinski definition) is 5. The number of nitrogens with two attached hydrogens (primary N) is 2. The molecule has 12 heteroatoms. The Morgan fingerprint density at radius 1 is 0.632 bits per heavy atom. The number of thioether (sulfide) groups is 2. The molecule has 2 fully saturated rings. The van der Waals surface area contributed by atoms with Crippen molar-refractivity contribution >= 4 is 76.5 Å². The van der Waals surface area contributed by atoms with Gasteiger partial charge in [0.05, 0.1) is 0 Å². The Labute approximate surface area is 368 Å². The highest BCUT2D eigenvalue weighted by Crippen LogP contribution is 2.34. The van der Waals surface area contributed by atoms with Crippen LogP contribution in [0, 0.1) is 11.8 Å². The van der Waals surface area contributed by atoms with Crippen LogP contribution in [0.2, 0.25) is 0 Å². The van der Waals surface area contributed by atoms with Crippen LogP contribution < -0.4 is 16.8 Å². The van der Waals surface area contributed by atoms with Gasteiger partial charge in [-0.25, -0.2) is 0 Å². The number of amides is 1. The highest BCUT2D eigenvalue weighted by atomic mass is 32.2. The predicted molar refractivity (Wildman–Crippen MR) is 254 cm³/mol. The van der Waals surface area contributed by atoms with Crippen LogP contribution in [0.4, 0.5) is 0 Å². The minimum Gasteiger partial charge on any atom is -0.356 e. The van der Waals surface area contributed by atoms with Gasteiger partial charge >= 0.3 is 0 Å². The van der Waals surface area contributed by atoms with Crippen molar-refractivity contribution in [1.29, 1.82) is 0 Å². The lowest BCUT2D eigenvalue weighted by molar-refractivity contribution is -0.122. The smallest absolute Gasteiger partial charge is 0.220 e. The van der Waals surface area contributed by atoms with Crippen LogP contribution in [-0.4, -0.2) is 68.3 Å². The van der Waals surface area contributed by atoms with E-state index in [1.807, 2.05) is 13.8 Å². The quantitative estimate of drug-likeness (QED) is 0.0329. The fourth-order valence-electron chi connectivity index (χ4n) is 6.75. The van der Waals surface area contributed by atoms with Crippen molar-refractivity contribution in [3.05, 3.63) is 0 Å². The first-order valence-corrected chi connectivity index (χ1v) is 25.5. The number of nitrogens with one attached hydrogen (secondary N) is 1. The van der Waals surface area contributed by atoms with E-state index in [1.54, 1.807) is 23.5 Å². The predicted octanol–water partition coefficient (Wildman–Crippen LogP) is 10.9. The Morgan fingerprint density at radius 2 is 1.11 bits per heavy atom. The molecular formula is C45H85N3O5S4. The van der Waals surface area contributed by atoms with Crippen LogP contribution in [-0.2, 0) is 24.0 Å². The van der Waals surface area contributed by atoms with Gasteiger partial charge in [-0.1, -0.05) is 109 Å². The summed E-state index contributed by atoms with van der Waals surface area (Å²) < 4.78 is 0. The van der Waals surface area contributed by atoms with Crippen molar-refractivity contribution in [2.45, 2.75) is 222 Å². The van der Waals surface area contributed by atoms with Gasteiger partial charge in [0.2, 0.25) is 5.91 Å². The van der Waals surface area contributed by atoms with E-state index in [9.17, 15) is 24.0 Å². The third-order valence-corrected chi connectivity index (χ3v) is 14.0. The molecule has 4 unspecified atom stereocenters. The maximum absolute atomic E-state index is 12.0. The normalized spacial score (nSPS) is 17.6. The van der Waals surface area contributed by atoms with Crippen molar-refractivity contribution in [3.8, 4) is 0 Å². The lowest BCUT2D eigenvalue weighted by Crippen LogP contribution is -2.24. The number of thiol groups is 2. The Bertz CT molecular complexity index is 1030. The summed E-state index contributed by atoms with van der Waals surface area (Å²) >= 11 is 12.4. The van der Waals surface area contributed by atoms with Gasteiger partial charge < -0.3 is 16.8 Å². The summed E-state index contributed by atoms with van der Waals surface area (Å²) in [6.45, 7) is 10.5. The average Bonchev–Trinajstić information content (AvgIpc) is 3.79. The number of carbonyl (C=O) groups is 5. The Kier molecular flexibility index (Phi) is 38.0. The minimum absolute atomic E-state index is 0.123. The molecule has 57 heavy (non-hydrogen) atoms. The Balaban J connectivity index is 0.00000106.